The standard InChI is InChI=1S/C22H19ClN4O3S/c1-31(29,30)18-12-6-15(7-13-18)14-27-20-5-3-2-4-19(20)21(26-27)25-22(28)24-17-10-8-16(23)9-11-17/h2-13H,14H2,1H3,(H2,24,25,26,28). The fourth-order valence-electron chi connectivity index (χ4n) is 3.16. The lowest BCUT2D eigenvalue weighted by atomic mass is 10.2. The van der Waals surface area contributed by atoms with Crippen LogP contribution < -0.4 is 10.6 Å². The first kappa shape index (κ1) is 20.9. The molecule has 158 valence electrons. The van der Waals surface area contributed by atoms with Crippen LogP contribution in [0.2, 0.25) is 5.02 Å². The van der Waals surface area contributed by atoms with Crippen molar-refractivity contribution in [3.05, 3.63) is 83.4 Å². The van der Waals surface area contributed by atoms with E-state index in [-0.39, 0.29) is 4.90 Å². The zero-order valence-electron chi connectivity index (χ0n) is 16.5. The Balaban J connectivity index is 1.57. The Morgan fingerprint density at radius 1 is 0.968 bits per heavy atom. The molecule has 2 N–H and O–H groups in total. The predicted molar refractivity (Wildman–Crippen MR) is 122 cm³/mol. The predicted octanol–water partition coefficient (Wildman–Crippen LogP) is 4.79. The third kappa shape index (κ3) is 4.87. The molecule has 31 heavy (non-hydrogen) atoms. The van der Waals surface area contributed by atoms with Crippen molar-refractivity contribution < 1.29 is 13.2 Å². The molecule has 0 radical (unpaired) electrons. The summed E-state index contributed by atoms with van der Waals surface area (Å²) in [5, 5.41) is 11.5. The monoisotopic (exact) mass is 454 g/mol. The van der Waals surface area contributed by atoms with Gasteiger partial charge in [-0.05, 0) is 54.1 Å². The Morgan fingerprint density at radius 3 is 2.32 bits per heavy atom. The largest absolute Gasteiger partial charge is 0.324 e. The number of urea groups is 1. The molecule has 9 heteroatoms. The van der Waals surface area contributed by atoms with Gasteiger partial charge >= 0.3 is 6.03 Å². The topological polar surface area (TPSA) is 93.1 Å². The summed E-state index contributed by atoms with van der Waals surface area (Å²) in [4.78, 5) is 12.7. The number of hydrogen-bond acceptors (Lipinski definition) is 4. The first-order chi connectivity index (χ1) is 14.8. The fourth-order valence-corrected chi connectivity index (χ4v) is 3.91. The van der Waals surface area contributed by atoms with Crippen LogP contribution >= 0.6 is 11.6 Å². The first-order valence-corrected chi connectivity index (χ1v) is 11.6. The molecule has 0 aliphatic heterocycles. The summed E-state index contributed by atoms with van der Waals surface area (Å²) in [5.74, 6) is 0.426. The molecular weight excluding hydrogens is 436 g/mol. The molecule has 0 spiro atoms. The first-order valence-electron chi connectivity index (χ1n) is 9.38. The molecule has 0 saturated heterocycles. The molecule has 4 rings (SSSR count). The van der Waals surface area contributed by atoms with Gasteiger partial charge in [-0.15, -0.1) is 0 Å². The summed E-state index contributed by atoms with van der Waals surface area (Å²) in [6.07, 6.45) is 1.18. The zero-order chi connectivity index (χ0) is 22.0. The number of benzene rings is 3. The SMILES string of the molecule is CS(=O)(=O)c1ccc(Cn2nc(NC(=O)Nc3ccc(Cl)cc3)c3ccccc32)cc1. The molecule has 0 unspecified atom stereocenters. The van der Waals surface area contributed by atoms with E-state index >= 15 is 0 Å². The summed E-state index contributed by atoms with van der Waals surface area (Å²) >= 11 is 5.87. The lowest BCUT2D eigenvalue weighted by molar-refractivity contribution is 0.262. The average molecular weight is 455 g/mol. The molecule has 1 heterocycles. The molecule has 2 amide bonds. The van der Waals surface area contributed by atoms with Crippen molar-refractivity contribution >= 4 is 49.9 Å². The van der Waals surface area contributed by atoms with E-state index < -0.39 is 15.9 Å². The Hall–Kier alpha value is -3.36. The van der Waals surface area contributed by atoms with Crippen LogP contribution in [0.4, 0.5) is 16.3 Å². The highest BCUT2D eigenvalue weighted by molar-refractivity contribution is 7.90. The van der Waals surface area contributed by atoms with Gasteiger partial charge in [-0.1, -0.05) is 35.9 Å². The molecule has 0 bridgehead atoms. The van der Waals surface area contributed by atoms with Crippen LogP contribution in [0.5, 0.6) is 0 Å². The van der Waals surface area contributed by atoms with E-state index in [9.17, 15) is 13.2 Å². The van der Waals surface area contributed by atoms with Crippen molar-refractivity contribution in [3.63, 3.8) is 0 Å². The number of amides is 2. The third-order valence-corrected chi connectivity index (χ3v) is 6.06. The minimum atomic E-state index is -3.25. The normalized spacial score (nSPS) is 11.4. The van der Waals surface area contributed by atoms with Crippen LogP contribution in [0.3, 0.4) is 0 Å². The van der Waals surface area contributed by atoms with E-state index in [1.807, 2.05) is 24.3 Å². The van der Waals surface area contributed by atoms with Crippen LogP contribution in [0.15, 0.2) is 77.7 Å². The highest BCUT2D eigenvalue weighted by atomic mass is 35.5. The number of halogens is 1. The third-order valence-electron chi connectivity index (χ3n) is 4.68. The van der Waals surface area contributed by atoms with Gasteiger partial charge in [-0.3, -0.25) is 10.00 Å². The van der Waals surface area contributed by atoms with Crippen molar-refractivity contribution in [2.24, 2.45) is 0 Å². The molecule has 3 aromatic carbocycles. The van der Waals surface area contributed by atoms with Gasteiger partial charge in [0.25, 0.3) is 0 Å². The Morgan fingerprint density at radius 2 is 1.65 bits per heavy atom. The summed E-state index contributed by atoms with van der Waals surface area (Å²) < 4.78 is 25.1. The zero-order valence-corrected chi connectivity index (χ0v) is 18.1. The van der Waals surface area contributed by atoms with Crippen molar-refractivity contribution in [1.82, 2.24) is 9.78 Å². The number of rotatable bonds is 5. The lowest BCUT2D eigenvalue weighted by Gasteiger charge is -2.06. The van der Waals surface area contributed by atoms with E-state index in [1.165, 1.54) is 6.26 Å². The van der Waals surface area contributed by atoms with Gasteiger partial charge in [-0.2, -0.15) is 5.10 Å². The molecule has 0 aliphatic carbocycles. The number of fused-ring (bicyclic) bond motifs is 1. The van der Waals surface area contributed by atoms with E-state index in [0.717, 1.165) is 16.5 Å². The summed E-state index contributed by atoms with van der Waals surface area (Å²) in [6, 6.07) is 20.6. The minimum absolute atomic E-state index is 0.266. The number of nitrogens with zero attached hydrogens (tertiary/aromatic N) is 2. The highest BCUT2D eigenvalue weighted by Crippen LogP contribution is 2.24. The molecule has 0 aliphatic rings. The molecule has 0 atom stereocenters. The van der Waals surface area contributed by atoms with Crippen molar-refractivity contribution in [3.8, 4) is 0 Å². The number of sulfone groups is 1. The minimum Gasteiger partial charge on any atom is -0.308 e. The van der Waals surface area contributed by atoms with Crippen molar-refractivity contribution in [2.45, 2.75) is 11.4 Å². The molecule has 0 saturated carbocycles. The quantitative estimate of drug-likeness (QED) is 0.453. The second-order valence-electron chi connectivity index (χ2n) is 7.03. The number of carbonyl (C=O) groups excluding carboxylic acids is 1. The highest BCUT2D eigenvalue weighted by Gasteiger charge is 2.14. The maximum Gasteiger partial charge on any atom is 0.324 e. The average Bonchev–Trinajstić information content (AvgIpc) is 3.07. The molecule has 1 aromatic heterocycles. The summed E-state index contributed by atoms with van der Waals surface area (Å²) in [5.41, 5.74) is 2.34. The Labute approximate surface area is 184 Å². The number of para-hydroxylation sites is 1. The van der Waals surface area contributed by atoms with E-state index in [2.05, 4.69) is 15.7 Å². The Kier molecular flexibility index (Phi) is 5.67. The van der Waals surface area contributed by atoms with Crippen LogP contribution in [-0.2, 0) is 16.4 Å². The number of hydrogen-bond donors (Lipinski definition) is 2. The number of carbonyl (C=O) groups is 1. The lowest BCUT2D eigenvalue weighted by Crippen LogP contribution is -2.20. The molecule has 4 aromatic rings. The summed E-state index contributed by atoms with van der Waals surface area (Å²) in [7, 11) is -3.25. The van der Waals surface area contributed by atoms with E-state index in [0.29, 0.717) is 23.1 Å². The number of nitrogens with one attached hydrogen (secondary N) is 2. The van der Waals surface area contributed by atoms with Crippen molar-refractivity contribution in [2.75, 3.05) is 16.9 Å². The van der Waals surface area contributed by atoms with E-state index in [1.54, 1.807) is 53.2 Å². The molecule has 0 fully saturated rings. The number of anilines is 2. The maximum absolute atomic E-state index is 12.4. The summed E-state index contributed by atoms with van der Waals surface area (Å²) in [6.45, 7) is 0.422. The van der Waals surface area contributed by atoms with Crippen LogP contribution in [-0.4, -0.2) is 30.5 Å². The second kappa shape index (κ2) is 8.41. The van der Waals surface area contributed by atoms with Gasteiger partial charge in [0.1, 0.15) is 0 Å². The van der Waals surface area contributed by atoms with Gasteiger partial charge < -0.3 is 5.32 Å². The Bertz CT molecular complexity index is 1350. The molecule has 7 nitrogen and oxygen atoms in total. The van der Waals surface area contributed by atoms with Gasteiger partial charge in [0.15, 0.2) is 15.7 Å². The van der Waals surface area contributed by atoms with Crippen LogP contribution in [0, 0.1) is 0 Å². The van der Waals surface area contributed by atoms with Gasteiger partial charge in [-0.25, -0.2) is 13.2 Å². The smallest absolute Gasteiger partial charge is 0.308 e. The van der Waals surface area contributed by atoms with E-state index in [4.69, 9.17) is 11.6 Å². The van der Waals surface area contributed by atoms with Crippen LogP contribution in [0.25, 0.3) is 10.9 Å². The number of aromatic nitrogens is 2. The molecular formula is C22H19ClN4O3S. The van der Waals surface area contributed by atoms with Crippen LogP contribution in [0.1, 0.15) is 5.56 Å². The maximum atomic E-state index is 12.4. The van der Waals surface area contributed by atoms with Gasteiger partial charge in [0, 0.05) is 22.4 Å². The fraction of sp³-hybridized carbons (Fsp3) is 0.0909. The van der Waals surface area contributed by atoms with Gasteiger partial charge in [0.05, 0.1) is 17.0 Å². The van der Waals surface area contributed by atoms with Gasteiger partial charge in [0.2, 0.25) is 0 Å². The second-order valence-corrected chi connectivity index (χ2v) is 9.48. The van der Waals surface area contributed by atoms with Crippen molar-refractivity contribution in [1.29, 1.82) is 0 Å².